The average molecular weight is 430 g/mol. The van der Waals surface area contributed by atoms with E-state index in [2.05, 4.69) is 26.2 Å². The Balaban J connectivity index is 1.28. The molecule has 0 fully saturated rings. The van der Waals surface area contributed by atoms with E-state index < -0.39 is 0 Å². The van der Waals surface area contributed by atoms with Crippen LogP contribution in [0.2, 0.25) is 0 Å². The predicted octanol–water partition coefficient (Wildman–Crippen LogP) is 3.52. The fraction of sp³-hybridized carbons (Fsp3) is 0.130. The molecule has 0 spiro atoms. The Labute approximate surface area is 182 Å². The van der Waals surface area contributed by atoms with E-state index in [4.69, 9.17) is 0 Å². The van der Waals surface area contributed by atoms with E-state index in [0.29, 0.717) is 11.4 Å². The average Bonchev–Trinajstić information content (AvgIpc) is 3.39. The quantitative estimate of drug-likeness (QED) is 0.525. The molecule has 0 bridgehead atoms. The van der Waals surface area contributed by atoms with Crippen LogP contribution in [0.5, 0.6) is 0 Å². The normalized spacial score (nSPS) is 12.5. The van der Waals surface area contributed by atoms with Crippen molar-refractivity contribution in [3.63, 3.8) is 0 Å². The smallest absolute Gasteiger partial charge is 0.267 e. The lowest BCUT2D eigenvalue weighted by Crippen LogP contribution is -2.29. The van der Waals surface area contributed by atoms with Crippen molar-refractivity contribution in [3.05, 3.63) is 83.3 Å². The summed E-state index contributed by atoms with van der Waals surface area (Å²) in [6, 6.07) is 20.2. The van der Waals surface area contributed by atoms with Crippen LogP contribution in [-0.4, -0.2) is 31.0 Å². The Morgan fingerprint density at radius 1 is 0.968 bits per heavy atom. The first kappa shape index (κ1) is 19.3. The van der Waals surface area contributed by atoms with Crippen LogP contribution in [0.1, 0.15) is 0 Å². The van der Waals surface area contributed by atoms with Crippen LogP contribution in [0, 0.1) is 0 Å². The van der Waals surface area contributed by atoms with Gasteiger partial charge in [0.25, 0.3) is 5.56 Å². The third-order valence-corrected chi connectivity index (χ3v) is 5.97. The fourth-order valence-corrected chi connectivity index (χ4v) is 4.38. The maximum Gasteiger partial charge on any atom is 0.267 e. The molecule has 154 valence electrons. The maximum absolute atomic E-state index is 12.5. The molecule has 1 aliphatic rings. The molecule has 0 radical (unpaired) electrons. The topological polar surface area (TPSA) is 81.8 Å². The molecule has 0 saturated heterocycles. The molecule has 2 aromatic carbocycles. The molecular weight excluding hydrogens is 410 g/mol. The molecule has 1 amide bonds. The summed E-state index contributed by atoms with van der Waals surface area (Å²) in [5, 5.41) is 8.20. The van der Waals surface area contributed by atoms with Gasteiger partial charge < -0.3 is 9.88 Å². The summed E-state index contributed by atoms with van der Waals surface area (Å²) in [5.41, 5.74) is 3.78. The van der Waals surface area contributed by atoms with Gasteiger partial charge in [-0.2, -0.15) is 5.10 Å². The van der Waals surface area contributed by atoms with Crippen molar-refractivity contribution in [1.82, 2.24) is 19.3 Å². The summed E-state index contributed by atoms with van der Waals surface area (Å²) >= 11 is 1.76. The van der Waals surface area contributed by atoms with Gasteiger partial charge in [0, 0.05) is 41.4 Å². The molecule has 5 rings (SSSR count). The first-order chi connectivity index (χ1) is 15.2. The standard InChI is InChI=1S/C23H19N5O2S/c29-21(15-28-22(30)11-10-19(26-28)16-4-2-1-3-5-16)24-18-8-6-17(7-9-18)20-14-27-12-13-31-23(27)25-20/h1-11,14H,12-13,15H2,(H,24,29). The van der Waals surface area contributed by atoms with Crippen molar-refractivity contribution in [2.45, 2.75) is 18.2 Å². The number of nitrogens with one attached hydrogen (secondary N) is 1. The monoisotopic (exact) mass is 429 g/mol. The van der Waals surface area contributed by atoms with Gasteiger partial charge in [0.1, 0.15) is 6.54 Å². The van der Waals surface area contributed by atoms with Gasteiger partial charge in [-0.05, 0) is 18.2 Å². The number of carbonyl (C=O) groups excluding carboxylic acids is 1. The van der Waals surface area contributed by atoms with Crippen molar-refractivity contribution in [3.8, 4) is 22.5 Å². The molecular formula is C23H19N5O2S. The second-order valence-corrected chi connectivity index (χ2v) is 8.22. The summed E-state index contributed by atoms with van der Waals surface area (Å²) in [7, 11) is 0. The van der Waals surface area contributed by atoms with Crippen LogP contribution in [0.25, 0.3) is 22.5 Å². The number of hydrogen-bond donors (Lipinski definition) is 1. The van der Waals surface area contributed by atoms with Crippen LogP contribution in [0.4, 0.5) is 5.69 Å². The van der Waals surface area contributed by atoms with Crippen molar-refractivity contribution < 1.29 is 4.79 Å². The zero-order valence-electron chi connectivity index (χ0n) is 16.6. The number of aromatic nitrogens is 4. The van der Waals surface area contributed by atoms with E-state index in [1.807, 2.05) is 54.6 Å². The van der Waals surface area contributed by atoms with Gasteiger partial charge in [-0.3, -0.25) is 9.59 Å². The number of aryl methyl sites for hydroxylation is 1. The van der Waals surface area contributed by atoms with Crippen molar-refractivity contribution in [1.29, 1.82) is 0 Å². The van der Waals surface area contributed by atoms with Crippen LogP contribution in [-0.2, 0) is 17.9 Å². The molecule has 0 saturated carbocycles. The number of thioether (sulfide) groups is 1. The molecule has 31 heavy (non-hydrogen) atoms. The number of fused-ring (bicyclic) bond motifs is 1. The zero-order valence-corrected chi connectivity index (χ0v) is 17.4. The van der Waals surface area contributed by atoms with Gasteiger partial charge in [0.15, 0.2) is 5.16 Å². The summed E-state index contributed by atoms with van der Waals surface area (Å²) in [6.07, 6.45) is 2.06. The van der Waals surface area contributed by atoms with Gasteiger partial charge >= 0.3 is 0 Å². The van der Waals surface area contributed by atoms with Crippen LogP contribution < -0.4 is 10.9 Å². The van der Waals surface area contributed by atoms with E-state index in [1.54, 1.807) is 17.8 Å². The number of carbonyl (C=O) groups is 1. The molecule has 0 aliphatic carbocycles. The van der Waals surface area contributed by atoms with Gasteiger partial charge in [-0.1, -0.05) is 54.2 Å². The number of imidazole rings is 1. The predicted molar refractivity (Wildman–Crippen MR) is 121 cm³/mol. The SMILES string of the molecule is O=C(Cn1nc(-c2ccccc2)ccc1=O)Nc1ccc(-c2cn3c(n2)SCC3)cc1. The summed E-state index contributed by atoms with van der Waals surface area (Å²) < 4.78 is 3.33. The third kappa shape index (κ3) is 4.15. The highest BCUT2D eigenvalue weighted by Crippen LogP contribution is 2.29. The van der Waals surface area contributed by atoms with Gasteiger partial charge in [-0.15, -0.1) is 0 Å². The highest BCUT2D eigenvalue weighted by Gasteiger charge is 2.15. The van der Waals surface area contributed by atoms with Gasteiger partial charge in [0.05, 0.1) is 11.4 Å². The van der Waals surface area contributed by atoms with E-state index >= 15 is 0 Å². The first-order valence-corrected chi connectivity index (χ1v) is 10.9. The minimum atomic E-state index is -0.323. The van der Waals surface area contributed by atoms with E-state index in [9.17, 15) is 9.59 Å². The highest BCUT2D eigenvalue weighted by molar-refractivity contribution is 7.99. The van der Waals surface area contributed by atoms with E-state index in [1.165, 1.54) is 10.7 Å². The number of hydrogen-bond acceptors (Lipinski definition) is 5. The Kier molecular flexibility index (Phi) is 5.13. The largest absolute Gasteiger partial charge is 0.325 e. The van der Waals surface area contributed by atoms with Crippen molar-refractivity contribution >= 4 is 23.4 Å². The fourth-order valence-electron chi connectivity index (χ4n) is 3.43. The molecule has 0 atom stereocenters. The van der Waals surface area contributed by atoms with Gasteiger partial charge in [-0.25, -0.2) is 9.67 Å². The summed E-state index contributed by atoms with van der Waals surface area (Å²) in [5.74, 6) is 0.754. The number of benzene rings is 2. The number of rotatable bonds is 5. The van der Waals surface area contributed by atoms with Crippen LogP contribution in [0.3, 0.4) is 0 Å². The lowest BCUT2D eigenvalue weighted by atomic mass is 10.1. The lowest BCUT2D eigenvalue weighted by Gasteiger charge is -2.09. The first-order valence-electron chi connectivity index (χ1n) is 9.89. The minimum Gasteiger partial charge on any atom is -0.325 e. The molecule has 1 N–H and O–H groups in total. The Morgan fingerprint density at radius 3 is 2.52 bits per heavy atom. The zero-order chi connectivity index (χ0) is 21.2. The number of nitrogens with zero attached hydrogens (tertiary/aromatic N) is 4. The highest BCUT2D eigenvalue weighted by atomic mass is 32.2. The molecule has 1 aliphatic heterocycles. The van der Waals surface area contributed by atoms with Crippen LogP contribution >= 0.6 is 11.8 Å². The molecule has 2 aromatic heterocycles. The van der Waals surface area contributed by atoms with E-state index in [-0.39, 0.29) is 18.0 Å². The molecule has 7 nitrogen and oxygen atoms in total. The molecule has 4 aromatic rings. The number of amides is 1. The lowest BCUT2D eigenvalue weighted by molar-refractivity contribution is -0.117. The second-order valence-electron chi connectivity index (χ2n) is 7.16. The van der Waals surface area contributed by atoms with Crippen molar-refractivity contribution in [2.24, 2.45) is 0 Å². The van der Waals surface area contributed by atoms with E-state index in [0.717, 1.165) is 34.3 Å². The third-order valence-electron chi connectivity index (χ3n) is 5.00. The van der Waals surface area contributed by atoms with Crippen LogP contribution in [0.15, 0.2) is 82.9 Å². The summed E-state index contributed by atoms with van der Waals surface area (Å²) in [6.45, 7) is 0.826. The molecule has 8 heteroatoms. The van der Waals surface area contributed by atoms with Gasteiger partial charge in [0.2, 0.25) is 5.91 Å². The molecule has 3 heterocycles. The van der Waals surface area contributed by atoms with Crippen molar-refractivity contribution in [2.75, 3.05) is 11.1 Å². The Morgan fingerprint density at radius 2 is 1.74 bits per heavy atom. The molecule has 0 unspecified atom stereocenters. The Hall–Kier alpha value is -3.65. The second kappa shape index (κ2) is 8.23. The summed E-state index contributed by atoms with van der Waals surface area (Å²) in [4.78, 5) is 29.3. The number of anilines is 1. The minimum absolute atomic E-state index is 0.160. The Bertz CT molecular complexity index is 1270. The maximum atomic E-state index is 12.5.